The van der Waals surface area contributed by atoms with Crippen molar-refractivity contribution in [3.63, 3.8) is 0 Å². The Kier molecular flexibility index (Phi) is 2.46. The lowest BCUT2D eigenvalue weighted by molar-refractivity contribution is 0.0127. The molecule has 4 nitrogen and oxygen atoms in total. The van der Waals surface area contributed by atoms with E-state index < -0.39 is 5.60 Å². The molecule has 0 aromatic rings. The third kappa shape index (κ3) is 2.17. The van der Waals surface area contributed by atoms with E-state index in [1.54, 1.807) is 4.90 Å². The van der Waals surface area contributed by atoms with Gasteiger partial charge in [-0.05, 0) is 41.0 Å². The molecule has 0 radical (unpaired) electrons. The zero-order valence-electron chi connectivity index (χ0n) is 10.7. The molecule has 0 aromatic heterocycles. The van der Waals surface area contributed by atoms with Crippen LogP contribution >= 0.6 is 0 Å². The summed E-state index contributed by atoms with van der Waals surface area (Å²) < 4.78 is 11.0. The van der Waals surface area contributed by atoms with Crippen LogP contribution in [0.25, 0.3) is 0 Å². The molecule has 2 aliphatic heterocycles. The molecule has 92 valence electrons. The van der Waals surface area contributed by atoms with E-state index in [4.69, 9.17) is 9.47 Å². The normalized spacial score (nSPS) is 37.9. The van der Waals surface area contributed by atoms with Gasteiger partial charge in [0, 0.05) is 6.04 Å². The molecule has 2 rings (SSSR count). The van der Waals surface area contributed by atoms with Crippen LogP contribution in [0.2, 0.25) is 0 Å². The van der Waals surface area contributed by atoms with E-state index in [1.807, 2.05) is 27.7 Å². The monoisotopic (exact) mass is 227 g/mol. The number of hydrogen-bond acceptors (Lipinski definition) is 3. The average molecular weight is 227 g/mol. The van der Waals surface area contributed by atoms with Crippen molar-refractivity contribution in [2.24, 2.45) is 0 Å². The lowest BCUT2D eigenvalue weighted by Crippen LogP contribution is -2.49. The minimum Gasteiger partial charge on any atom is -0.444 e. The van der Waals surface area contributed by atoms with Gasteiger partial charge in [-0.2, -0.15) is 0 Å². The molecule has 3 atom stereocenters. The smallest absolute Gasteiger partial charge is 0.410 e. The number of hydrogen-bond donors (Lipinski definition) is 0. The first kappa shape index (κ1) is 11.7. The molecule has 0 aromatic carbocycles. The molecule has 0 spiro atoms. The van der Waals surface area contributed by atoms with Crippen molar-refractivity contribution in [1.29, 1.82) is 0 Å². The van der Waals surface area contributed by atoms with E-state index in [-0.39, 0.29) is 23.8 Å². The number of amides is 1. The first-order chi connectivity index (χ1) is 7.21. The Morgan fingerprint density at radius 3 is 2.69 bits per heavy atom. The fourth-order valence-electron chi connectivity index (χ4n) is 2.33. The molecular weight excluding hydrogens is 206 g/mol. The number of likely N-dealkylation sites (tertiary alicyclic amines) is 1. The lowest BCUT2D eigenvalue weighted by Gasteiger charge is -2.35. The SMILES string of the molecule is C[C@@H]1C[C@@]2(C)O[C@@H]2CN1C(=O)OC(C)(C)C. The second kappa shape index (κ2) is 3.36. The van der Waals surface area contributed by atoms with Crippen molar-refractivity contribution in [1.82, 2.24) is 4.90 Å². The van der Waals surface area contributed by atoms with Crippen molar-refractivity contribution in [3.8, 4) is 0 Å². The summed E-state index contributed by atoms with van der Waals surface area (Å²) in [4.78, 5) is 13.7. The number of carbonyl (C=O) groups is 1. The molecule has 0 aliphatic carbocycles. The van der Waals surface area contributed by atoms with Gasteiger partial charge in [0.15, 0.2) is 0 Å². The van der Waals surface area contributed by atoms with Crippen molar-refractivity contribution in [2.45, 2.75) is 64.4 Å². The van der Waals surface area contributed by atoms with Crippen LogP contribution in [-0.4, -0.2) is 40.9 Å². The number of epoxide rings is 1. The summed E-state index contributed by atoms with van der Waals surface area (Å²) in [5.41, 5.74) is -0.417. The summed E-state index contributed by atoms with van der Waals surface area (Å²) in [7, 11) is 0. The highest BCUT2D eigenvalue weighted by molar-refractivity contribution is 5.69. The van der Waals surface area contributed by atoms with Crippen LogP contribution in [0.15, 0.2) is 0 Å². The predicted octanol–water partition coefficient (Wildman–Crippen LogP) is 2.17. The predicted molar refractivity (Wildman–Crippen MR) is 60.3 cm³/mol. The lowest BCUT2D eigenvalue weighted by atomic mass is 9.93. The highest BCUT2D eigenvalue weighted by Gasteiger charge is 2.58. The maximum Gasteiger partial charge on any atom is 0.410 e. The van der Waals surface area contributed by atoms with Gasteiger partial charge in [-0.1, -0.05) is 0 Å². The number of ether oxygens (including phenoxy) is 2. The first-order valence-electron chi connectivity index (χ1n) is 5.89. The van der Waals surface area contributed by atoms with Crippen LogP contribution in [0.5, 0.6) is 0 Å². The fraction of sp³-hybridized carbons (Fsp3) is 0.917. The maximum absolute atomic E-state index is 11.9. The second-order valence-electron chi connectivity index (χ2n) is 6.11. The minimum atomic E-state index is -0.429. The Labute approximate surface area is 96.9 Å². The zero-order chi connectivity index (χ0) is 12.1. The zero-order valence-corrected chi connectivity index (χ0v) is 10.7. The molecule has 0 bridgehead atoms. The molecule has 16 heavy (non-hydrogen) atoms. The molecule has 4 heteroatoms. The Bertz CT molecular complexity index is 310. The van der Waals surface area contributed by atoms with Gasteiger partial charge in [0.25, 0.3) is 0 Å². The Balaban J connectivity index is 1.97. The van der Waals surface area contributed by atoms with E-state index in [2.05, 4.69) is 6.92 Å². The van der Waals surface area contributed by atoms with E-state index in [9.17, 15) is 4.79 Å². The van der Waals surface area contributed by atoms with Gasteiger partial charge in [-0.15, -0.1) is 0 Å². The molecule has 0 N–H and O–H groups in total. The topological polar surface area (TPSA) is 42.1 Å². The van der Waals surface area contributed by atoms with Crippen LogP contribution < -0.4 is 0 Å². The van der Waals surface area contributed by atoms with E-state index in [1.165, 1.54) is 0 Å². The molecule has 1 amide bonds. The molecule has 2 aliphatic rings. The molecule has 0 unspecified atom stereocenters. The number of carbonyl (C=O) groups excluding carboxylic acids is 1. The van der Waals surface area contributed by atoms with E-state index in [0.29, 0.717) is 6.54 Å². The van der Waals surface area contributed by atoms with Gasteiger partial charge >= 0.3 is 6.09 Å². The van der Waals surface area contributed by atoms with Crippen LogP contribution in [0.1, 0.15) is 41.0 Å². The number of fused-ring (bicyclic) bond motifs is 1. The molecule has 2 fully saturated rings. The first-order valence-corrected chi connectivity index (χ1v) is 5.89. The standard InChI is InChI=1S/C12H21NO3/c1-8-6-12(5)9(15-12)7-13(8)10(14)16-11(2,3)4/h8-9H,6-7H2,1-5H3/t8-,9-,12-/m1/s1. The highest BCUT2D eigenvalue weighted by Crippen LogP contribution is 2.45. The van der Waals surface area contributed by atoms with Gasteiger partial charge in [-0.25, -0.2) is 4.79 Å². The van der Waals surface area contributed by atoms with Gasteiger partial charge in [0.05, 0.1) is 12.1 Å². The number of piperidine rings is 1. The number of nitrogens with zero attached hydrogens (tertiary/aromatic N) is 1. The molecule has 2 heterocycles. The summed E-state index contributed by atoms with van der Waals surface area (Å²) in [5, 5.41) is 0. The summed E-state index contributed by atoms with van der Waals surface area (Å²) in [6.07, 6.45) is 0.880. The third-order valence-corrected chi connectivity index (χ3v) is 3.26. The van der Waals surface area contributed by atoms with Crippen LogP contribution in [0.3, 0.4) is 0 Å². The summed E-state index contributed by atoms with van der Waals surface area (Å²) >= 11 is 0. The van der Waals surface area contributed by atoms with Crippen molar-refractivity contribution in [3.05, 3.63) is 0 Å². The fourth-order valence-corrected chi connectivity index (χ4v) is 2.33. The largest absolute Gasteiger partial charge is 0.444 e. The van der Waals surface area contributed by atoms with Crippen molar-refractivity contribution in [2.75, 3.05) is 6.54 Å². The number of rotatable bonds is 0. The van der Waals surface area contributed by atoms with Crippen LogP contribution in [-0.2, 0) is 9.47 Å². The van der Waals surface area contributed by atoms with Crippen LogP contribution in [0, 0.1) is 0 Å². The summed E-state index contributed by atoms with van der Waals surface area (Å²) in [6, 6.07) is 0.193. The third-order valence-electron chi connectivity index (χ3n) is 3.26. The Morgan fingerprint density at radius 2 is 2.12 bits per heavy atom. The highest BCUT2D eigenvalue weighted by atomic mass is 16.6. The van der Waals surface area contributed by atoms with Gasteiger partial charge < -0.3 is 14.4 Å². The second-order valence-corrected chi connectivity index (χ2v) is 6.11. The summed E-state index contributed by atoms with van der Waals surface area (Å²) in [5.74, 6) is 0. The maximum atomic E-state index is 11.9. The van der Waals surface area contributed by atoms with Crippen LogP contribution in [0.4, 0.5) is 4.79 Å². The molecule has 0 saturated carbocycles. The van der Waals surface area contributed by atoms with Gasteiger partial charge in [0.1, 0.15) is 11.7 Å². The Morgan fingerprint density at radius 1 is 1.50 bits per heavy atom. The Hall–Kier alpha value is -0.770. The van der Waals surface area contributed by atoms with E-state index in [0.717, 1.165) is 6.42 Å². The van der Waals surface area contributed by atoms with Gasteiger partial charge in [-0.3, -0.25) is 0 Å². The van der Waals surface area contributed by atoms with Crippen molar-refractivity contribution < 1.29 is 14.3 Å². The molecule has 2 saturated heterocycles. The molecular formula is C12H21NO3. The van der Waals surface area contributed by atoms with Gasteiger partial charge in [0.2, 0.25) is 0 Å². The average Bonchev–Trinajstić information content (AvgIpc) is 2.69. The quantitative estimate of drug-likeness (QED) is 0.596. The summed E-state index contributed by atoms with van der Waals surface area (Å²) in [6.45, 7) is 10.5. The van der Waals surface area contributed by atoms with E-state index >= 15 is 0 Å². The minimum absolute atomic E-state index is 0.0118. The van der Waals surface area contributed by atoms with Crippen molar-refractivity contribution >= 4 is 6.09 Å².